The first kappa shape index (κ1) is 42.6. The maximum absolute atomic E-state index is 14.1. The van der Waals surface area contributed by atoms with Crippen LogP contribution >= 0.6 is 22.9 Å². The summed E-state index contributed by atoms with van der Waals surface area (Å²) in [6, 6.07) is 24.3. The van der Waals surface area contributed by atoms with Crippen molar-refractivity contribution < 1.29 is 14.3 Å². The number of benzene rings is 4. The van der Waals surface area contributed by atoms with Gasteiger partial charge < -0.3 is 19.9 Å². The van der Waals surface area contributed by atoms with E-state index in [0.29, 0.717) is 40.6 Å². The lowest BCUT2D eigenvalue weighted by Crippen LogP contribution is -2.39. The minimum Gasteiger partial charge on any atom is -0.493 e. The molecule has 2 N–H and O–H groups in total. The van der Waals surface area contributed by atoms with Gasteiger partial charge in [-0.25, -0.2) is 9.67 Å². The highest BCUT2D eigenvalue weighted by atomic mass is 35.5. The zero-order valence-corrected chi connectivity index (χ0v) is 36.9. The largest absolute Gasteiger partial charge is 0.493 e. The molecule has 2 aromatic heterocycles. The highest BCUT2D eigenvalue weighted by molar-refractivity contribution is 7.16. The molecule has 58 heavy (non-hydrogen) atoms. The summed E-state index contributed by atoms with van der Waals surface area (Å²) in [5.74, 6) is 0.0437. The molecule has 12 heteroatoms. The molecule has 0 fully saturated rings. The topological polar surface area (TPSA) is 115 Å². The standard InChI is InChI=1S/C46H56ClN7O3S/c1-11-45(6,7)29-18-23-38(32(26-29)46(8,9)12-2)57-25-15-24-48-30-19-21-33(47)34(27-30)50-42(56)40(41(55)44(3,4)5)54-36-22-20-31(28-35(36)51-52-54)49-43-53(10)37-16-13-14-17-39(37)58-43/h13-14,16-23,26-28,40,48H,11-12,15,24-25H2,1-10H3,(H,50,56). The van der Waals surface area contributed by atoms with E-state index in [4.69, 9.17) is 21.3 Å². The van der Waals surface area contributed by atoms with E-state index in [1.165, 1.54) is 15.8 Å². The maximum Gasteiger partial charge on any atom is 0.257 e. The third kappa shape index (κ3) is 9.16. The number of amides is 1. The van der Waals surface area contributed by atoms with E-state index in [2.05, 4.69) is 92.8 Å². The summed E-state index contributed by atoms with van der Waals surface area (Å²) in [4.78, 5) is 33.8. The van der Waals surface area contributed by atoms with Crippen LogP contribution < -0.4 is 20.2 Å². The number of aromatic nitrogens is 4. The van der Waals surface area contributed by atoms with E-state index < -0.39 is 17.4 Å². The summed E-state index contributed by atoms with van der Waals surface area (Å²) < 4.78 is 11.0. The van der Waals surface area contributed by atoms with Crippen molar-refractivity contribution in [1.82, 2.24) is 19.6 Å². The van der Waals surface area contributed by atoms with Crippen LogP contribution in [0.2, 0.25) is 5.02 Å². The van der Waals surface area contributed by atoms with Crippen molar-refractivity contribution in [1.29, 1.82) is 0 Å². The van der Waals surface area contributed by atoms with Gasteiger partial charge in [0, 0.05) is 30.3 Å². The second-order valence-corrected chi connectivity index (χ2v) is 18.7. The first-order valence-electron chi connectivity index (χ1n) is 20.0. The Bertz CT molecular complexity index is 2520. The number of carbonyl (C=O) groups is 2. The normalized spacial score (nSPS) is 13.3. The number of anilines is 2. The Labute approximate surface area is 350 Å². The third-order valence-corrected chi connectivity index (χ3v) is 12.7. The van der Waals surface area contributed by atoms with Gasteiger partial charge in [-0.2, -0.15) is 0 Å². The number of fused-ring (bicyclic) bond motifs is 2. The van der Waals surface area contributed by atoms with Gasteiger partial charge in [-0.1, -0.05) is 115 Å². The van der Waals surface area contributed by atoms with Crippen LogP contribution in [0.4, 0.5) is 17.1 Å². The van der Waals surface area contributed by atoms with Gasteiger partial charge in [0.15, 0.2) is 16.6 Å². The Hall–Kier alpha value is -5.00. The number of nitrogens with zero attached hydrogens (tertiary/aromatic N) is 5. The first-order chi connectivity index (χ1) is 27.4. The van der Waals surface area contributed by atoms with Crippen LogP contribution in [0.1, 0.15) is 98.7 Å². The van der Waals surface area contributed by atoms with Crippen LogP contribution in [0.15, 0.2) is 83.9 Å². The van der Waals surface area contributed by atoms with E-state index in [-0.39, 0.29) is 16.6 Å². The number of para-hydroxylation sites is 1. The van der Waals surface area contributed by atoms with Gasteiger partial charge in [0.05, 0.1) is 38.7 Å². The fraction of sp³-hybridized carbons (Fsp3) is 0.413. The second kappa shape index (κ2) is 17.1. The molecule has 0 bridgehead atoms. The molecule has 0 radical (unpaired) electrons. The zero-order valence-electron chi connectivity index (χ0n) is 35.4. The van der Waals surface area contributed by atoms with Crippen molar-refractivity contribution in [3.05, 3.63) is 99.8 Å². The smallest absolute Gasteiger partial charge is 0.257 e. The van der Waals surface area contributed by atoms with Crippen LogP contribution in [-0.4, -0.2) is 44.4 Å². The summed E-state index contributed by atoms with van der Waals surface area (Å²) in [5.41, 5.74) is 5.75. The van der Waals surface area contributed by atoms with Crippen molar-refractivity contribution in [2.75, 3.05) is 23.8 Å². The predicted molar refractivity (Wildman–Crippen MR) is 239 cm³/mol. The number of hydrogen-bond acceptors (Lipinski definition) is 8. The molecule has 6 aromatic rings. The quantitative estimate of drug-likeness (QED) is 0.0787. The van der Waals surface area contributed by atoms with Gasteiger partial charge in [0.2, 0.25) is 0 Å². The van der Waals surface area contributed by atoms with Gasteiger partial charge in [-0.05, 0) is 90.3 Å². The first-order valence-corrected chi connectivity index (χ1v) is 21.2. The van der Waals surface area contributed by atoms with Gasteiger partial charge in [-0.15, -0.1) is 5.10 Å². The van der Waals surface area contributed by atoms with Gasteiger partial charge in [0.1, 0.15) is 11.3 Å². The minimum absolute atomic E-state index is 0.0200. The monoisotopic (exact) mass is 821 g/mol. The Morgan fingerprint density at radius 2 is 1.64 bits per heavy atom. The molecule has 0 spiro atoms. The van der Waals surface area contributed by atoms with Gasteiger partial charge in [-0.3, -0.25) is 9.59 Å². The Morgan fingerprint density at radius 1 is 0.897 bits per heavy atom. The molecule has 306 valence electrons. The number of nitrogens with one attached hydrogen (secondary N) is 2. The van der Waals surface area contributed by atoms with Crippen LogP contribution in [0.25, 0.3) is 21.3 Å². The molecule has 0 aliphatic carbocycles. The lowest BCUT2D eigenvalue weighted by molar-refractivity contribution is -0.135. The van der Waals surface area contributed by atoms with E-state index in [9.17, 15) is 9.59 Å². The maximum atomic E-state index is 14.1. The molecule has 0 saturated carbocycles. The van der Waals surface area contributed by atoms with Crippen molar-refractivity contribution in [2.24, 2.45) is 17.5 Å². The number of thiazole rings is 1. The molecule has 6 rings (SSSR count). The van der Waals surface area contributed by atoms with Crippen LogP contribution in [0.3, 0.4) is 0 Å². The summed E-state index contributed by atoms with van der Waals surface area (Å²) >= 11 is 8.22. The fourth-order valence-corrected chi connectivity index (χ4v) is 7.86. The summed E-state index contributed by atoms with van der Waals surface area (Å²) in [7, 11) is 1.99. The van der Waals surface area contributed by atoms with Crippen molar-refractivity contribution in [2.45, 2.75) is 98.4 Å². The lowest BCUT2D eigenvalue weighted by Gasteiger charge is -2.30. The Kier molecular flexibility index (Phi) is 12.5. The Balaban J connectivity index is 1.16. The number of halogens is 1. The lowest BCUT2D eigenvalue weighted by atomic mass is 9.76. The SMILES string of the molecule is CCC(C)(C)c1ccc(OCCCNc2ccc(Cl)c(NC(=O)C(C(=O)C(C)(C)C)n3nnc4cc(N=c5sc6ccccc6n5C)ccc43)c2)c(C(C)(C)CC)c1. The molecule has 1 unspecified atom stereocenters. The van der Waals surface area contributed by atoms with Crippen LogP contribution in [0, 0.1) is 5.41 Å². The molecule has 2 heterocycles. The zero-order chi connectivity index (χ0) is 42.0. The molecular formula is C46H56ClN7O3S. The number of ether oxygens (including phenoxy) is 1. The van der Waals surface area contributed by atoms with Crippen molar-refractivity contribution in [3.8, 4) is 5.75 Å². The molecule has 0 aliphatic rings. The number of ketones is 1. The van der Waals surface area contributed by atoms with Crippen molar-refractivity contribution in [3.63, 3.8) is 0 Å². The molecule has 4 aromatic carbocycles. The number of aryl methyl sites for hydroxylation is 1. The fourth-order valence-electron chi connectivity index (χ4n) is 6.66. The summed E-state index contributed by atoms with van der Waals surface area (Å²) in [5, 5.41) is 15.4. The second-order valence-electron chi connectivity index (χ2n) is 17.2. The highest BCUT2D eigenvalue weighted by Crippen LogP contribution is 2.39. The van der Waals surface area contributed by atoms with Crippen LogP contribution in [-0.2, 0) is 27.5 Å². The Morgan fingerprint density at radius 3 is 2.34 bits per heavy atom. The minimum atomic E-state index is -1.30. The third-order valence-electron chi connectivity index (χ3n) is 11.3. The van der Waals surface area contributed by atoms with E-state index in [0.717, 1.165) is 45.7 Å². The molecule has 10 nitrogen and oxygen atoms in total. The molecule has 1 amide bonds. The average molecular weight is 823 g/mol. The summed E-state index contributed by atoms with van der Waals surface area (Å²) in [6.45, 7) is 20.1. The number of hydrogen-bond donors (Lipinski definition) is 2. The van der Waals surface area contributed by atoms with Gasteiger partial charge in [0.25, 0.3) is 5.91 Å². The molecule has 1 atom stereocenters. The van der Waals surface area contributed by atoms with Gasteiger partial charge >= 0.3 is 0 Å². The molecule has 0 aliphatic heterocycles. The highest BCUT2D eigenvalue weighted by Gasteiger charge is 2.38. The molecule has 0 saturated heterocycles. The number of rotatable bonds is 15. The van der Waals surface area contributed by atoms with E-state index in [1.54, 1.807) is 50.3 Å². The van der Waals surface area contributed by atoms with E-state index >= 15 is 0 Å². The number of Topliss-reactive ketones (excluding diaryl/α,β-unsaturated/α-hetero) is 1. The van der Waals surface area contributed by atoms with Crippen LogP contribution in [0.5, 0.6) is 5.75 Å². The van der Waals surface area contributed by atoms with Crippen molar-refractivity contribution >= 4 is 72.9 Å². The number of carbonyl (C=O) groups excluding carboxylic acids is 2. The average Bonchev–Trinajstić information content (AvgIpc) is 3.75. The summed E-state index contributed by atoms with van der Waals surface area (Å²) in [6.07, 6.45) is 2.81. The predicted octanol–water partition coefficient (Wildman–Crippen LogP) is 10.9. The van der Waals surface area contributed by atoms with E-state index in [1.807, 2.05) is 41.9 Å². The molecular weight excluding hydrogens is 766 g/mol.